The number of thiazole rings is 1. The smallest absolute Gasteiger partial charge is 0.0795 e. The van der Waals surface area contributed by atoms with Gasteiger partial charge in [0.1, 0.15) is 0 Å². The van der Waals surface area contributed by atoms with Gasteiger partial charge >= 0.3 is 0 Å². The van der Waals surface area contributed by atoms with Gasteiger partial charge in [0.25, 0.3) is 0 Å². The van der Waals surface area contributed by atoms with Crippen LogP contribution in [-0.4, -0.2) is 23.6 Å². The number of hydrogen-bond acceptors (Lipinski definition) is 4. The fourth-order valence-electron chi connectivity index (χ4n) is 3.36. The molecule has 3 unspecified atom stereocenters. The molecule has 1 aliphatic heterocycles. The minimum atomic E-state index is 0.701. The van der Waals surface area contributed by atoms with Crippen LogP contribution in [0.15, 0.2) is 10.9 Å². The highest BCUT2D eigenvalue weighted by Gasteiger charge is 2.34. The van der Waals surface area contributed by atoms with Gasteiger partial charge in [0.15, 0.2) is 0 Å². The lowest BCUT2D eigenvalue weighted by Gasteiger charge is -2.26. The Kier molecular flexibility index (Phi) is 3.74. The Hall–Kier alpha value is -0.450. The summed E-state index contributed by atoms with van der Waals surface area (Å²) < 4.78 is 0. The first-order valence-corrected chi connectivity index (χ1v) is 7.71. The molecule has 17 heavy (non-hydrogen) atoms. The van der Waals surface area contributed by atoms with Crippen LogP contribution < -0.4 is 10.6 Å². The minimum absolute atomic E-state index is 0.701. The van der Waals surface area contributed by atoms with E-state index in [1.807, 2.05) is 5.51 Å². The van der Waals surface area contributed by atoms with E-state index in [0.717, 1.165) is 18.5 Å². The largest absolute Gasteiger partial charge is 0.314 e. The summed E-state index contributed by atoms with van der Waals surface area (Å²) in [4.78, 5) is 4.34. The van der Waals surface area contributed by atoms with Crippen molar-refractivity contribution in [3.05, 3.63) is 16.6 Å². The van der Waals surface area contributed by atoms with Gasteiger partial charge in [-0.05, 0) is 38.1 Å². The SMILES string of the molecule is c1nc(CNC2CCCC2C2CCCN2)cs1. The van der Waals surface area contributed by atoms with Gasteiger partial charge in [-0.2, -0.15) is 0 Å². The second-order valence-corrected chi connectivity index (χ2v) is 5.98. The Morgan fingerprint density at radius 1 is 1.35 bits per heavy atom. The number of nitrogens with one attached hydrogen (secondary N) is 2. The highest BCUT2D eigenvalue weighted by atomic mass is 32.1. The molecule has 0 radical (unpaired) electrons. The Morgan fingerprint density at radius 3 is 3.12 bits per heavy atom. The lowest BCUT2D eigenvalue weighted by atomic mass is 9.93. The van der Waals surface area contributed by atoms with Gasteiger partial charge in [-0.15, -0.1) is 11.3 Å². The maximum atomic E-state index is 4.34. The van der Waals surface area contributed by atoms with Crippen LogP contribution >= 0.6 is 11.3 Å². The zero-order valence-corrected chi connectivity index (χ0v) is 11.0. The highest BCUT2D eigenvalue weighted by Crippen LogP contribution is 2.32. The van der Waals surface area contributed by atoms with E-state index in [-0.39, 0.29) is 0 Å². The van der Waals surface area contributed by atoms with Crippen molar-refractivity contribution >= 4 is 11.3 Å². The van der Waals surface area contributed by atoms with Gasteiger partial charge < -0.3 is 10.6 Å². The van der Waals surface area contributed by atoms with E-state index >= 15 is 0 Å². The van der Waals surface area contributed by atoms with E-state index < -0.39 is 0 Å². The molecule has 0 bridgehead atoms. The van der Waals surface area contributed by atoms with Gasteiger partial charge in [0, 0.05) is 24.0 Å². The molecule has 1 aromatic heterocycles. The van der Waals surface area contributed by atoms with Crippen molar-refractivity contribution < 1.29 is 0 Å². The van der Waals surface area contributed by atoms with E-state index in [1.54, 1.807) is 11.3 Å². The van der Waals surface area contributed by atoms with E-state index in [0.29, 0.717) is 6.04 Å². The third-order valence-electron chi connectivity index (χ3n) is 4.21. The maximum Gasteiger partial charge on any atom is 0.0795 e. The molecule has 3 nitrogen and oxygen atoms in total. The molecule has 3 atom stereocenters. The summed E-state index contributed by atoms with van der Waals surface area (Å²) in [7, 11) is 0. The fourth-order valence-corrected chi connectivity index (χ4v) is 3.92. The molecule has 3 rings (SSSR count). The minimum Gasteiger partial charge on any atom is -0.314 e. The molecule has 2 aliphatic rings. The number of hydrogen-bond donors (Lipinski definition) is 2. The molecule has 1 saturated carbocycles. The average molecular weight is 251 g/mol. The summed E-state index contributed by atoms with van der Waals surface area (Å²) in [5.41, 5.74) is 3.11. The molecule has 2 fully saturated rings. The monoisotopic (exact) mass is 251 g/mol. The van der Waals surface area contributed by atoms with Crippen LogP contribution in [0.5, 0.6) is 0 Å². The summed E-state index contributed by atoms with van der Waals surface area (Å²) in [5.74, 6) is 0.844. The molecule has 2 N–H and O–H groups in total. The fraction of sp³-hybridized carbons (Fsp3) is 0.769. The van der Waals surface area contributed by atoms with Crippen LogP contribution in [0.25, 0.3) is 0 Å². The van der Waals surface area contributed by atoms with Gasteiger partial charge in [0.2, 0.25) is 0 Å². The molecule has 94 valence electrons. The Morgan fingerprint density at radius 2 is 2.35 bits per heavy atom. The normalized spacial score (nSPS) is 33.3. The lowest BCUT2D eigenvalue weighted by Crippen LogP contribution is -2.41. The maximum absolute atomic E-state index is 4.34. The van der Waals surface area contributed by atoms with Gasteiger partial charge in [-0.25, -0.2) is 4.98 Å². The molecule has 1 saturated heterocycles. The van der Waals surface area contributed by atoms with E-state index in [4.69, 9.17) is 0 Å². The van der Waals surface area contributed by atoms with Crippen LogP contribution in [0.2, 0.25) is 0 Å². The van der Waals surface area contributed by atoms with Gasteiger partial charge in [-0.3, -0.25) is 0 Å². The summed E-state index contributed by atoms with van der Waals surface area (Å²) in [6.07, 6.45) is 6.86. The van der Waals surface area contributed by atoms with Gasteiger partial charge in [-0.1, -0.05) is 6.42 Å². The molecule has 0 amide bonds. The lowest BCUT2D eigenvalue weighted by molar-refractivity contribution is 0.319. The molecule has 0 aromatic carbocycles. The zero-order chi connectivity index (χ0) is 11.5. The summed E-state index contributed by atoms with van der Waals surface area (Å²) >= 11 is 1.68. The predicted octanol–water partition coefficient (Wildman–Crippen LogP) is 2.15. The summed E-state index contributed by atoms with van der Waals surface area (Å²) in [6, 6.07) is 1.47. The van der Waals surface area contributed by atoms with Gasteiger partial charge in [0.05, 0.1) is 11.2 Å². The van der Waals surface area contributed by atoms with Crippen molar-refractivity contribution in [3.8, 4) is 0 Å². The molecule has 2 heterocycles. The number of rotatable bonds is 4. The van der Waals surface area contributed by atoms with E-state index in [9.17, 15) is 0 Å². The Labute approximate surface area is 107 Å². The van der Waals surface area contributed by atoms with Crippen molar-refractivity contribution in [2.75, 3.05) is 6.54 Å². The second kappa shape index (κ2) is 5.46. The first kappa shape index (κ1) is 11.6. The Balaban J connectivity index is 1.54. The summed E-state index contributed by atoms with van der Waals surface area (Å²) in [6.45, 7) is 2.16. The first-order valence-electron chi connectivity index (χ1n) is 6.77. The number of aromatic nitrogens is 1. The predicted molar refractivity (Wildman–Crippen MR) is 71.1 cm³/mol. The third kappa shape index (κ3) is 2.69. The number of nitrogens with zero attached hydrogens (tertiary/aromatic N) is 1. The molecular formula is C13H21N3S. The second-order valence-electron chi connectivity index (χ2n) is 5.26. The molecular weight excluding hydrogens is 230 g/mol. The van der Waals surface area contributed by atoms with E-state index in [1.165, 1.54) is 44.3 Å². The van der Waals surface area contributed by atoms with Crippen LogP contribution in [0.1, 0.15) is 37.8 Å². The average Bonchev–Trinajstić information content (AvgIpc) is 3.09. The highest BCUT2D eigenvalue weighted by molar-refractivity contribution is 7.07. The molecule has 1 aliphatic carbocycles. The van der Waals surface area contributed by atoms with Crippen molar-refractivity contribution in [1.29, 1.82) is 0 Å². The summed E-state index contributed by atoms with van der Waals surface area (Å²) in [5, 5.41) is 9.53. The van der Waals surface area contributed by atoms with Crippen LogP contribution in [0, 0.1) is 5.92 Å². The quantitative estimate of drug-likeness (QED) is 0.861. The standard InChI is InChI=1S/C13H21N3S/c1-3-11(12-5-2-6-14-12)13(4-1)15-7-10-8-17-9-16-10/h8-9,11-15H,1-7H2. The van der Waals surface area contributed by atoms with Crippen molar-refractivity contribution in [2.45, 2.75) is 50.7 Å². The Bertz CT molecular complexity index is 332. The topological polar surface area (TPSA) is 37.0 Å². The van der Waals surface area contributed by atoms with Crippen LogP contribution in [-0.2, 0) is 6.54 Å². The third-order valence-corrected chi connectivity index (χ3v) is 4.85. The van der Waals surface area contributed by atoms with Crippen molar-refractivity contribution in [1.82, 2.24) is 15.6 Å². The zero-order valence-electron chi connectivity index (χ0n) is 10.2. The molecule has 1 aromatic rings. The van der Waals surface area contributed by atoms with Crippen LogP contribution in [0.4, 0.5) is 0 Å². The molecule has 4 heteroatoms. The molecule has 0 spiro atoms. The van der Waals surface area contributed by atoms with Crippen molar-refractivity contribution in [3.63, 3.8) is 0 Å². The van der Waals surface area contributed by atoms with E-state index in [2.05, 4.69) is 21.0 Å². The van der Waals surface area contributed by atoms with Crippen LogP contribution in [0.3, 0.4) is 0 Å². The first-order chi connectivity index (χ1) is 8.43. The van der Waals surface area contributed by atoms with Crippen molar-refractivity contribution in [2.24, 2.45) is 5.92 Å².